The molecule has 39 heavy (non-hydrogen) atoms. The van der Waals surface area contributed by atoms with Crippen LogP contribution in [0.2, 0.25) is 0 Å². The molecule has 10 nitrogen and oxygen atoms in total. The topological polar surface area (TPSA) is 148 Å². The van der Waals surface area contributed by atoms with Gasteiger partial charge in [0.25, 0.3) is 0 Å². The predicted molar refractivity (Wildman–Crippen MR) is 145 cm³/mol. The first-order chi connectivity index (χ1) is 18.5. The van der Waals surface area contributed by atoms with Crippen LogP contribution >= 0.6 is 0 Å². The van der Waals surface area contributed by atoms with Crippen LogP contribution in [0.1, 0.15) is 43.2 Å². The summed E-state index contributed by atoms with van der Waals surface area (Å²) < 4.78 is 63.0. The predicted octanol–water partition coefficient (Wildman–Crippen LogP) is 1.55. The number of piperidine rings is 1. The molecule has 1 aliphatic carbocycles. The molecule has 2 heterocycles. The lowest BCUT2D eigenvalue weighted by Gasteiger charge is -2.38. The number of aliphatic hydroxyl groups excluding tert-OH is 1. The Kier molecular flexibility index (Phi) is 8.35. The molecule has 3 aliphatic rings. The summed E-state index contributed by atoms with van der Waals surface area (Å²) >= 11 is 0. The molecule has 0 saturated carbocycles. The molecule has 2 saturated heterocycles. The maximum Gasteiger partial charge on any atom is 0.243 e. The highest BCUT2D eigenvalue weighted by Crippen LogP contribution is 2.37. The van der Waals surface area contributed by atoms with Crippen molar-refractivity contribution in [2.75, 3.05) is 32.8 Å². The Morgan fingerprint density at radius 3 is 2.54 bits per heavy atom. The van der Waals surface area contributed by atoms with Crippen LogP contribution in [0, 0.1) is 0 Å². The number of primary sulfonamides is 1. The molecule has 0 aromatic heterocycles. The molecular weight excluding hydrogens is 542 g/mol. The van der Waals surface area contributed by atoms with Crippen LogP contribution in [-0.2, 0) is 37.6 Å². The molecule has 2 unspecified atom stereocenters. The number of nitrogens with two attached hydrogens (primary N) is 1. The van der Waals surface area contributed by atoms with Gasteiger partial charge in [0.1, 0.15) is 18.5 Å². The number of aliphatic hydroxyl groups is 1. The fourth-order valence-corrected chi connectivity index (χ4v) is 7.81. The third-order valence-electron chi connectivity index (χ3n) is 8.02. The average Bonchev–Trinajstić information content (AvgIpc) is 3.32. The van der Waals surface area contributed by atoms with Crippen molar-refractivity contribution in [2.45, 2.75) is 72.5 Å². The molecule has 12 heteroatoms. The number of hydrogen-bond donors (Lipinski definition) is 3. The van der Waals surface area contributed by atoms with E-state index < -0.39 is 26.2 Å². The molecule has 0 radical (unpaired) electrons. The minimum Gasteiger partial charge on any atom is -0.491 e. The van der Waals surface area contributed by atoms with Gasteiger partial charge in [-0.1, -0.05) is 12.1 Å². The van der Waals surface area contributed by atoms with E-state index in [9.17, 15) is 21.9 Å². The van der Waals surface area contributed by atoms with Gasteiger partial charge in [0.15, 0.2) is 0 Å². The highest BCUT2D eigenvalue weighted by atomic mass is 32.2. The zero-order chi connectivity index (χ0) is 27.7. The number of sulfonamides is 2. The van der Waals surface area contributed by atoms with Crippen molar-refractivity contribution in [3.8, 4) is 5.75 Å². The largest absolute Gasteiger partial charge is 0.491 e. The Labute approximate surface area is 230 Å². The van der Waals surface area contributed by atoms with Crippen molar-refractivity contribution in [1.82, 2.24) is 9.62 Å². The highest BCUT2D eigenvalue weighted by Gasteiger charge is 2.44. The van der Waals surface area contributed by atoms with Gasteiger partial charge in [0, 0.05) is 31.7 Å². The summed E-state index contributed by atoms with van der Waals surface area (Å²) in [6, 6.07) is 11.5. The number of hydrogen-bond acceptors (Lipinski definition) is 8. The van der Waals surface area contributed by atoms with Crippen molar-refractivity contribution >= 4 is 20.0 Å². The molecule has 5 rings (SSSR count). The summed E-state index contributed by atoms with van der Waals surface area (Å²) in [5, 5.41) is 18.8. The monoisotopic (exact) mass is 579 g/mol. The van der Waals surface area contributed by atoms with Crippen LogP contribution in [-0.4, -0.2) is 76.8 Å². The van der Waals surface area contributed by atoms with E-state index in [1.165, 1.54) is 23.8 Å². The fourth-order valence-electron chi connectivity index (χ4n) is 5.77. The number of nitrogens with zero attached hydrogens (tertiary/aromatic N) is 1. The van der Waals surface area contributed by atoms with E-state index in [2.05, 4.69) is 5.32 Å². The Hall–Kier alpha value is -2.06. The van der Waals surface area contributed by atoms with Gasteiger partial charge in [-0.15, -0.1) is 0 Å². The third-order valence-corrected chi connectivity index (χ3v) is 10.8. The van der Waals surface area contributed by atoms with E-state index in [0.29, 0.717) is 43.2 Å². The summed E-state index contributed by atoms with van der Waals surface area (Å²) in [5.74, 6) is 0.306. The Morgan fingerprint density at radius 2 is 1.79 bits per heavy atom. The van der Waals surface area contributed by atoms with Gasteiger partial charge in [-0.2, -0.15) is 4.31 Å². The second-order valence-electron chi connectivity index (χ2n) is 10.8. The fraction of sp³-hybridized carbons (Fsp3) is 0.556. The maximum atomic E-state index is 13.3. The molecule has 2 atom stereocenters. The van der Waals surface area contributed by atoms with Crippen molar-refractivity contribution in [1.29, 1.82) is 0 Å². The van der Waals surface area contributed by atoms with E-state index in [4.69, 9.17) is 14.6 Å². The number of fused-ring (bicyclic) bond motifs is 1. The van der Waals surface area contributed by atoms with Crippen molar-refractivity contribution < 1.29 is 31.4 Å². The maximum absolute atomic E-state index is 13.3. The number of ether oxygens (including phenoxy) is 2. The van der Waals surface area contributed by atoms with E-state index in [1.54, 1.807) is 16.4 Å². The lowest BCUT2D eigenvalue weighted by Crippen LogP contribution is -2.47. The van der Waals surface area contributed by atoms with E-state index in [-0.39, 0.29) is 29.7 Å². The Bertz CT molecular complexity index is 1390. The lowest BCUT2D eigenvalue weighted by molar-refractivity contribution is -0.0312. The molecule has 2 aromatic rings. The standard InChI is InChI=1S/C27H37N3O7S2/c28-38(32,33)25-7-3-6-24(15-25)36-19-23(31)17-29-22-16-27(37-18-22)10-12-30(13-11-27)39(34,35)26-9-8-20-4-1-2-5-21(20)14-26/h3,6-9,14-15,22-23,29,31H,1-2,4-5,10-13,16-19H2,(H2,28,32,33). The number of benzene rings is 2. The molecule has 2 aromatic carbocycles. The second kappa shape index (κ2) is 11.4. The van der Waals surface area contributed by atoms with Gasteiger partial charge in [0.05, 0.1) is 22.0 Å². The molecule has 4 N–H and O–H groups in total. The van der Waals surface area contributed by atoms with Crippen LogP contribution in [0.3, 0.4) is 0 Å². The average molecular weight is 580 g/mol. The number of nitrogens with one attached hydrogen (secondary N) is 1. The van der Waals surface area contributed by atoms with E-state index in [0.717, 1.165) is 37.7 Å². The van der Waals surface area contributed by atoms with Crippen LogP contribution in [0.4, 0.5) is 0 Å². The van der Waals surface area contributed by atoms with Gasteiger partial charge in [-0.3, -0.25) is 0 Å². The first-order valence-electron chi connectivity index (χ1n) is 13.5. The molecule has 0 amide bonds. The van der Waals surface area contributed by atoms with E-state index in [1.807, 2.05) is 12.1 Å². The first kappa shape index (κ1) is 28.5. The SMILES string of the molecule is NS(=O)(=O)c1cccc(OCC(O)CNC2COC3(CCN(S(=O)(=O)c4ccc5c(c4)CCCC5)CC3)C2)c1. The summed E-state index contributed by atoms with van der Waals surface area (Å²) in [7, 11) is -7.38. The van der Waals surface area contributed by atoms with Crippen molar-refractivity contribution in [2.24, 2.45) is 5.14 Å². The number of rotatable bonds is 9. The molecule has 1 spiro atoms. The van der Waals surface area contributed by atoms with Gasteiger partial charge < -0.3 is 19.9 Å². The molecule has 214 valence electrons. The molecular formula is C27H37N3O7S2. The van der Waals surface area contributed by atoms with Crippen LogP contribution in [0.15, 0.2) is 52.3 Å². The molecule has 0 bridgehead atoms. The van der Waals surface area contributed by atoms with Crippen molar-refractivity contribution in [3.05, 3.63) is 53.6 Å². The second-order valence-corrected chi connectivity index (χ2v) is 14.3. The van der Waals surface area contributed by atoms with Crippen LogP contribution in [0.5, 0.6) is 5.75 Å². The van der Waals surface area contributed by atoms with E-state index >= 15 is 0 Å². The minimum absolute atomic E-state index is 0.0185. The minimum atomic E-state index is -3.83. The normalized spacial score (nSPS) is 22.5. The third kappa shape index (κ3) is 6.64. The van der Waals surface area contributed by atoms with Crippen LogP contribution < -0.4 is 15.2 Å². The number of aryl methyl sites for hydroxylation is 2. The summed E-state index contributed by atoms with van der Waals surface area (Å²) in [6.45, 7) is 1.58. The zero-order valence-corrected chi connectivity index (χ0v) is 23.6. The molecule has 2 aliphatic heterocycles. The summed E-state index contributed by atoms with van der Waals surface area (Å²) in [4.78, 5) is 0.334. The van der Waals surface area contributed by atoms with Crippen LogP contribution in [0.25, 0.3) is 0 Å². The summed E-state index contributed by atoms with van der Waals surface area (Å²) in [5.41, 5.74) is 2.06. The molecule has 2 fully saturated rings. The summed E-state index contributed by atoms with van der Waals surface area (Å²) in [6.07, 6.45) is 5.40. The highest BCUT2D eigenvalue weighted by molar-refractivity contribution is 7.89. The van der Waals surface area contributed by atoms with Gasteiger partial charge in [0.2, 0.25) is 20.0 Å². The van der Waals surface area contributed by atoms with Crippen molar-refractivity contribution in [3.63, 3.8) is 0 Å². The lowest BCUT2D eigenvalue weighted by atomic mass is 9.88. The Balaban J connectivity index is 1.08. The Morgan fingerprint density at radius 1 is 1.05 bits per heavy atom. The first-order valence-corrected chi connectivity index (χ1v) is 16.5. The van der Waals surface area contributed by atoms with Gasteiger partial charge in [-0.05, 0) is 80.3 Å². The van der Waals surface area contributed by atoms with Gasteiger partial charge in [-0.25, -0.2) is 22.0 Å². The zero-order valence-electron chi connectivity index (χ0n) is 21.9. The van der Waals surface area contributed by atoms with Gasteiger partial charge >= 0.3 is 0 Å². The quantitative estimate of drug-likeness (QED) is 0.405. The smallest absolute Gasteiger partial charge is 0.243 e.